The number of hydrogen-bond acceptors (Lipinski definition) is 3. The van der Waals surface area contributed by atoms with Gasteiger partial charge in [0.25, 0.3) is 0 Å². The fourth-order valence-corrected chi connectivity index (χ4v) is 1.85. The first-order valence-electron chi connectivity index (χ1n) is 5.63. The second kappa shape index (κ2) is 4.25. The van der Waals surface area contributed by atoms with Crippen molar-refractivity contribution in [1.29, 1.82) is 0 Å². The zero-order chi connectivity index (χ0) is 13.3. The number of hydrogen-bond donors (Lipinski definition) is 2. The standard InChI is InChI=1S/C13H15N3O2/c1-13(2,3)11-10-8(4-5-9(17)18)6-14-12(10)16-7-15-11/h4-7H,1-3H3,(H,17,18)(H,14,15,16)/b5-4+. The van der Waals surface area contributed by atoms with Crippen molar-refractivity contribution in [3.05, 3.63) is 29.9 Å². The first-order chi connectivity index (χ1) is 8.39. The van der Waals surface area contributed by atoms with Crippen molar-refractivity contribution in [3.8, 4) is 0 Å². The molecule has 0 aliphatic rings. The Morgan fingerprint density at radius 3 is 2.72 bits per heavy atom. The monoisotopic (exact) mass is 245 g/mol. The SMILES string of the molecule is CC(C)(C)c1ncnc2[nH]cc(/C=C/C(=O)O)c12. The Morgan fingerprint density at radius 1 is 1.39 bits per heavy atom. The molecule has 2 aromatic rings. The highest BCUT2D eigenvalue weighted by molar-refractivity contribution is 5.93. The van der Waals surface area contributed by atoms with Crippen LogP contribution in [0.4, 0.5) is 0 Å². The molecule has 0 amide bonds. The van der Waals surface area contributed by atoms with Gasteiger partial charge in [0.05, 0.1) is 5.69 Å². The van der Waals surface area contributed by atoms with Gasteiger partial charge in [0.1, 0.15) is 12.0 Å². The van der Waals surface area contributed by atoms with E-state index < -0.39 is 5.97 Å². The Morgan fingerprint density at radius 2 is 2.11 bits per heavy atom. The lowest BCUT2D eigenvalue weighted by Gasteiger charge is -2.18. The van der Waals surface area contributed by atoms with E-state index in [-0.39, 0.29) is 5.41 Å². The molecule has 5 nitrogen and oxygen atoms in total. The van der Waals surface area contributed by atoms with E-state index in [2.05, 4.69) is 35.7 Å². The lowest BCUT2D eigenvalue weighted by molar-refractivity contribution is -0.131. The molecule has 0 unspecified atom stereocenters. The molecule has 94 valence electrons. The Labute approximate surface area is 105 Å². The average molecular weight is 245 g/mol. The summed E-state index contributed by atoms with van der Waals surface area (Å²) in [6.07, 6.45) is 5.93. The van der Waals surface area contributed by atoms with Crippen molar-refractivity contribution in [2.75, 3.05) is 0 Å². The number of carbonyl (C=O) groups is 1. The highest BCUT2D eigenvalue weighted by Gasteiger charge is 2.21. The maximum absolute atomic E-state index is 10.6. The normalized spacial score (nSPS) is 12.4. The summed E-state index contributed by atoms with van der Waals surface area (Å²) in [5, 5.41) is 9.56. The van der Waals surface area contributed by atoms with E-state index in [1.54, 1.807) is 12.3 Å². The molecule has 0 aliphatic carbocycles. The zero-order valence-electron chi connectivity index (χ0n) is 10.6. The highest BCUT2D eigenvalue weighted by Crippen LogP contribution is 2.29. The van der Waals surface area contributed by atoms with Gasteiger partial charge in [0, 0.05) is 28.6 Å². The Kier molecular flexibility index (Phi) is 2.90. The fraction of sp³-hybridized carbons (Fsp3) is 0.308. The first kappa shape index (κ1) is 12.3. The third-order valence-corrected chi connectivity index (χ3v) is 2.62. The Balaban J connectivity index is 2.66. The van der Waals surface area contributed by atoms with Gasteiger partial charge in [-0.2, -0.15) is 0 Å². The lowest BCUT2D eigenvalue weighted by atomic mass is 9.89. The molecule has 0 spiro atoms. The van der Waals surface area contributed by atoms with E-state index in [1.165, 1.54) is 6.33 Å². The van der Waals surface area contributed by atoms with Gasteiger partial charge in [-0.3, -0.25) is 0 Å². The molecule has 0 saturated heterocycles. The van der Waals surface area contributed by atoms with Crippen molar-refractivity contribution < 1.29 is 9.90 Å². The molecule has 0 saturated carbocycles. The molecular weight excluding hydrogens is 230 g/mol. The van der Waals surface area contributed by atoms with Gasteiger partial charge in [-0.25, -0.2) is 14.8 Å². The number of aliphatic carboxylic acids is 1. The number of rotatable bonds is 2. The molecule has 18 heavy (non-hydrogen) atoms. The van der Waals surface area contributed by atoms with Crippen LogP contribution in [0.5, 0.6) is 0 Å². The minimum Gasteiger partial charge on any atom is -0.478 e. The molecule has 0 atom stereocenters. The third-order valence-electron chi connectivity index (χ3n) is 2.62. The molecule has 2 aromatic heterocycles. The van der Waals surface area contributed by atoms with Crippen LogP contribution in [0.3, 0.4) is 0 Å². The average Bonchev–Trinajstić information content (AvgIpc) is 2.67. The number of carboxylic acid groups (broad SMARTS) is 1. The molecule has 0 bridgehead atoms. The van der Waals surface area contributed by atoms with Crippen LogP contribution in [-0.4, -0.2) is 26.0 Å². The summed E-state index contributed by atoms with van der Waals surface area (Å²) >= 11 is 0. The van der Waals surface area contributed by atoms with E-state index >= 15 is 0 Å². The summed E-state index contributed by atoms with van der Waals surface area (Å²) in [5.74, 6) is -0.974. The van der Waals surface area contributed by atoms with Crippen molar-refractivity contribution in [3.63, 3.8) is 0 Å². The van der Waals surface area contributed by atoms with Gasteiger partial charge in [-0.05, 0) is 6.08 Å². The topological polar surface area (TPSA) is 78.9 Å². The predicted molar refractivity (Wildman–Crippen MR) is 69.3 cm³/mol. The summed E-state index contributed by atoms with van der Waals surface area (Å²) in [4.78, 5) is 22.1. The molecule has 2 heterocycles. The van der Waals surface area contributed by atoms with Crippen molar-refractivity contribution in [2.45, 2.75) is 26.2 Å². The number of fused-ring (bicyclic) bond motifs is 1. The van der Waals surface area contributed by atoms with E-state index in [4.69, 9.17) is 5.11 Å². The van der Waals surface area contributed by atoms with Crippen molar-refractivity contribution in [2.24, 2.45) is 0 Å². The van der Waals surface area contributed by atoms with Crippen LogP contribution >= 0.6 is 0 Å². The maximum Gasteiger partial charge on any atom is 0.328 e. The quantitative estimate of drug-likeness (QED) is 0.796. The second-order valence-electron chi connectivity index (χ2n) is 5.11. The van der Waals surface area contributed by atoms with E-state index in [9.17, 15) is 4.79 Å². The van der Waals surface area contributed by atoms with Crippen molar-refractivity contribution in [1.82, 2.24) is 15.0 Å². The van der Waals surface area contributed by atoms with Crippen LogP contribution in [0.25, 0.3) is 17.1 Å². The summed E-state index contributed by atoms with van der Waals surface area (Å²) in [6.45, 7) is 6.19. The fourth-order valence-electron chi connectivity index (χ4n) is 1.85. The zero-order valence-corrected chi connectivity index (χ0v) is 10.6. The molecule has 0 fully saturated rings. The van der Waals surface area contributed by atoms with E-state index in [1.807, 2.05) is 0 Å². The Bertz CT molecular complexity index is 621. The van der Waals surface area contributed by atoms with Gasteiger partial charge in [0.2, 0.25) is 0 Å². The smallest absolute Gasteiger partial charge is 0.328 e. The van der Waals surface area contributed by atoms with Gasteiger partial charge < -0.3 is 10.1 Å². The van der Waals surface area contributed by atoms with Crippen LogP contribution < -0.4 is 0 Å². The highest BCUT2D eigenvalue weighted by atomic mass is 16.4. The van der Waals surface area contributed by atoms with E-state index in [0.29, 0.717) is 0 Å². The van der Waals surface area contributed by atoms with Crippen LogP contribution in [0.1, 0.15) is 32.0 Å². The molecule has 5 heteroatoms. The summed E-state index contributed by atoms with van der Waals surface area (Å²) < 4.78 is 0. The number of H-pyrrole nitrogens is 1. The molecule has 0 radical (unpaired) electrons. The predicted octanol–water partition coefficient (Wildman–Crippen LogP) is 2.35. The molecular formula is C13H15N3O2. The number of aromatic amines is 1. The largest absolute Gasteiger partial charge is 0.478 e. The van der Waals surface area contributed by atoms with Gasteiger partial charge in [-0.1, -0.05) is 20.8 Å². The van der Waals surface area contributed by atoms with E-state index in [0.717, 1.165) is 28.4 Å². The van der Waals surface area contributed by atoms with Gasteiger partial charge in [0.15, 0.2) is 0 Å². The molecule has 0 aliphatic heterocycles. The lowest BCUT2D eigenvalue weighted by Crippen LogP contribution is -2.14. The molecule has 2 N–H and O–H groups in total. The summed E-state index contributed by atoms with van der Waals surface area (Å²) in [5.41, 5.74) is 2.28. The summed E-state index contributed by atoms with van der Waals surface area (Å²) in [6, 6.07) is 0. The van der Waals surface area contributed by atoms with Gasteiger partial charge in [-0.15, -0.1) is 0 Å². The first-order valence-corrected chi connectivity index (χ1v) is 5.63. The van der Waals surface area contributed by atoms with Gasteiger partial charge >= 0.3 is 5.97 Å². The van der Waals surface area contributed by atoms with Crippen LogP contribution in [-0.2, 0) is 10.2 Å². The molecule has 2 rings (SSSR count). The molecule has 0 aromatic carbocycles. The summed E-state index contributed by atoms with van der Waals surface area (Å²) in [7, 11) is 0. The second-order valence-corrected chi connectivity index (χ2v) is 5.11. The maximum atomic E-state index is 10.6. The van der Waals surface area contributed by atoms with Crippen molar-refractivity contribution >= 4 is 23.1 Å². The van der Waals surface area contributed by atoms with Crippen LogP contribution in [0, 0.1) is 0 Å². The number of nitrogens with zero attached hydrogens (tertiary/aromatic N) is 2. The Hall–Kier alpha value is -2.17. The minimum atomic E-state index is -0.974. The van der Waals surface area contributed by atoms with Crippen LogP contribution in [0.2, 0.25) is 0 Å². The third kappa shape index (κ3) is 2.25. The number of aromatic nitrogens is 3. The number of carboxylic acids is 1. The van der Waals surface area contributed by atoms with Crippen LogP contribution in [0.15, 0.2) is 18.6 Å². The minimum absolute atomic E-state index is 0.130. The number of nitrogens with one attached hydrogen (secondary N) is 1.